The molecule has 2 heterocycles. The molecule has 3 nitrogen and oxygen atoms in total. The normalized spacial score (nSPS) is 32.7. The number of hydrogen-bond donors (Lipinski definition) is 1. The molecule has 2 aliphatic heterocycles. The van der Waals surface area contributed by atoms with Crippen LogP contribution in [0.3, 0.4) is 0 Å². The molecule has 2 fully saturated rings. The van der Waals surface area contributed by atoms with E-state index in [1.165, 1.54) is 32.4 Å². The van der Waals surface area contributed by atoms with Gasteiger partial charge in [-0.3, -0.25) is 4.90 Å². The molecule has 2 aliphatic rings. The first-order valence-electron chi connectivity index (χ1n) is 7.51. The fraction of sp³-hybridized carbons (Fsp3) is 1.00. The number of piperidine rings is 1. The average Bonchev–Trinajstić information content (AvgIpc) is 2.39. The van der Waals surface area contributed by atoms with Gasteiger partial charge in [0.2, 0.25) is 0 Å². The zero-order valence-electron chi connectivity index (χ0n) is 12.4. The highest BCUT2D eigenvalue weighted by Gasteiger charge is 2.40. The van der Waals surface area contributed by atoms with E-state index in [1.54, 1.807) is 0 Å². The Morgan fingerprint density at radius 3 is 2.39 bits per heavy atom. The first-order chi connectivity index (χ1) is 8.48. The van der Waals surface area contributed by atoms with E-state index in [1.807, 2.05) is 0 Å². The summed E-state index contributed by atoms with van der Waals surface area (Å²) < 4.78 is 5.70. The van der Waals surface area contributed by atoms with Gasteiger partial charge in [-0.2, -0.15) is 0 Å². The minimum absolute atomic E-state index is 0.140. The second-order valence-corrected chi connectivity index (χ2v) is 7.21. The molecule has 2 saturated heterocycles. The van der Waals surface area contributed by atoms with Crippen LogP contribution in [0.15, 0.2) is 0 Å². The summed E-state index contributed by atoms with van der Waals surface area (Å²) in [5, 5.41) is 0. The van der Waals surface area contributed by atoms with Crippen LogP contribution in [0.1, 0.15) is 46.5 Å². The summed E-state index contributed by atoms with van der Waals surface area (Å²) in [6.07, 6.45) is 5.00. The predicted molar refractivity (Wildman–Crippen MR) is 75.6 cm³/mol. The molecule has 0 aliphatic carbocycles. The van der Waals surface area contributed by atoms with Gasteiger partial charge in [0, 0.05) is 13.2 Å². The lowest BCUT2D eigenvalue weighted by Gasteiger charge is -2.49. The molecule has 0 radical (unpaired) electrons. The van der Waals surface area contributed by atoms with Crippen molar-refractivity contribution >= 4 is 0 Å². The van der Waals surface area contributed by atoms with Crippen LogP contribution in [0.4, 0.5) is 0 Å². The Balaban J connectivity index is 1.95. The van der Waals surface area contributed by atoms with E-state index in [4.69, 9.17) is 10.5 Å². The van der Waals surface area contributed by atoms with E-state index in [-0.39, 0.29) is 5.54 Å². The molecule has 2 rings (SSSR count). The van der Waals surface area contributed by atoms with Gasteiger partial charge in [0.15, 0.2) is 0 Å². The smallest absolute Gasteiger partial charge is 0.0662 e. The van der Waals surface area contributed by atoms with Crippen LogP contribution >= 0.6 is 0 Å². The maximum atomic E-state index is 6.07. The highest BCUT2D eigenvalue weighted by atomic mass is 16.5. The topological polar surface area (TPSA) is 38.5 Å². The van der Waals surface area contributed by atoms with Crippen molar-refractivity contribution in [2.75, 3.05) is 32.8 Å². The summed E-state index contributed by atoms with van der Waals surface area (Å²) in [5.74, 6) is 0.855. The van der Waals surface area contributed by atoms with Crippen LogP contribution in [0, 0.1) is 11.3 Å². The van der Waals surface area contributed by atoms with Crippen molar-refractivity contribution in [1.29, 1.82) is 0 Å². The van der Waals surface area contributed by atoms with Gasteiger partial charge in [-0.15, -0.1) is 0 Å². The quantitative estimate of drug-likeness (QED) is 0.821. The molecule has 0 aromatic heterocycles. The van der Waals surface area contributed by atoms with Crippen molar-refractivity contribution in [3.05, 3.63) is 0 Å². The summed E-state index contributed by atoms with van der Waals surface area (Å²) >= 11 is 0. The highest BCUT2D eigenvalue weighted by Crippen LogP contribution is 2.37. The summed E-state index contributed by atoms with van der Waals surface area (Å²) in [5.41, 5.74) is 6.66. The third-order valence-electron chi connectivity index (χ3n) is 5.07. The standard InChI is InChI=1S/C15H30N2O/c1-14(2,3)13-5-8-17(9-6-13)15(11-16)7-4-10-18-12-15/h13H,4-12,16H2,1-3H3. The average molecular weight is 254 g/mol. The van der Waals surface area contributed by atoms with Crippen molar-refractivity contribution in [2.24, 2.45) is 17.1 Å². The minimum Gasteiger partial charge on any atom is -0.379 e. The molecular formula is C15H30N2O. The van der Waals surface area contributed by atoms with Crippen LogP contribution in [-0.4, -0.2) is 43.3 Å². The largest absolute Gasteiger partial charge is 0.379 e. The van der Waals surface area contributed by atoms with Crippen LogP contribution in [0.5, 0.6) is 0 Å². The van der Waals surface area contributed by atoms with E-state index < -0.39 is 0 Å². The van der Waals surface area contributed by atoms with E-state index in [9.17, 15) is 0 Å². The molecule has 0 spiro atoms. The monoisotopic (exact) mass is 254 g/mol. The Hall–Kier alpha value is -0.120. The van der Waals surface area contributed by atoms with Crippen molar-refractivity contribution in [1.82, 2.24) is 4.90 Å². The molecular weight excluding hydrogens is 224 g/mol. The van der Waals surface area contributed by atoms with Gasteiger partial charge >= 0.3 is 0 Å². The number of rotatable bonds is 2. The van der Waals surface area contributed by atoms with Crippen molar-refractivity contribution in [2.45, 2.75) is 52.0 Å². The number of ether oxygens (including phenoxy) is 1. The van der Waals surface area contributed by atoms with Gasteiger partial charge in [0.05, 0.1) is 12.1 Å². The van der Waals surface area contributed by atoms with Crippen LogP contribution < -0.4 is 5.73 Å². The molecule has 2 N–H and O–H groups in total. The summed E-state index contributed by atoms with van der Waals surface area (Å²) in [6, 6.07) is 0. The van der Waals surface area contributed by atoms with Crippen molar-refractivity contribution in [3.63, 3.8) is 0 Å². The summed E-state index contributed by atoms with van der Waals surface area (Å²) in [7, 11) is 0. The Morgan fingerprint density at radius 2 is 1.94 bits per heavy atom. The van der Waals surface area contributed by atoms with E-state index in [0.29, 0.717) is 5.41 Å². The third kappa shape index (κ3) is 2.89. The van der Waals surface area contributed by atoms with E-state index >= 15 is 0 Å². The summed E-state index contributed by atoms with van der Waals surface area (Å²) in [6.45, 7) is 12.0. The molecule has 0 aromatic carbocycles. The minimum atomic E-state index is 0.140. The number of nitrogens with zero attached hydrogens (tertiary/aromatic N) is 1. The maximum Gasteiger partial charge on any atom is 0.0662 e. The molecule has 0 aromatic rings. The molecule has 18 heavy (non-hydrogen) atoms. The Bertz CT molecular complexity index is 258. The second-order valence-electron chi connectivity index (χ2n) is 7.21. The SMILES string of the molecule is CC(C)(C)C1CCN(C2(CN)CCCOC2)CC1. The first-order valence-corrected chi connectivity index (χ1v) is 7.51. The Kier molecular flexibility index (Phi) is 4.35. The second kappa shape index (κ2) is 5.48. The van der Waals surface area contributed by atoms with Crippen LogP contribution in [0.2, 0.25) is 0 Å². The predicted octanol–water partition coefficient (Wildman–Crippen LogP) is 2.25. The lowest BCUT2D eigenvalue weighted by Crippen LogP contribution is -2.60. The number of likely N-dealkylation sites (tertiary alicyclic amines) is 1. The van der Waals surface area contributed by atoms with E-state index in [2.05, 4.69) is 25.7 Å². The highest BCUT2D eigenvalue weighted by molar-refractivity contribution is 4.96. The van der Waals surface area contributed by atoms with Gasteiger partial charge in [-0.1, -0.05) is 20.8 Å². The van der Waals surface area contributed by atoms with Crippen LogP contribution in [-0.2, 0) is 4.74 Å². The molecule has 106 valence electrons. The molecule has 0 bridgehead atoms. The van der Waals surface area contributed by atoms with Crippen molar-refractivity contribution in [3.8, 4) is 0 Å². The molecule has 0 saturated carbocycles. The lowest BCUT2D eigenvalue weighted by molar-refractivity contribution is -0.0626. The fourth-order valence-corrected chi connectivity index (χ4v) is 3.60. The Labute approximate surface area is 112 Å². The van der Waals surface area contributed by atoms with Gasteiger partial charge in [-0.25, -0.2) is 0 Å². The van der Waals surface area contributed by atoms with Crippen LogP contribution in [0.25, 0.3) is 0 Å². The fourth-order valence-electron chi connectivity index (χ4n) is 3.60. The van der Waals surface area contributed by atoms with Gasteiger partial charge in [0.1, 0.15) is 0 Å². The van der Waals surface area contributed by atoms with Gasteiger partial charge in [0.25, 0.3) is 0 Å². The van der Waals surface area contributed by atoms with Crippen molar-refractivity contribution < 1.29 is 4.74 Å². The molecule has 1 atom stereocenters. The lowest BCUT2D eigenvalue weighted by atomic mass is 9.74. The summed E-state index contributed by atoms with van der Waals surface area (Å²) in [4.78, 5) is 2.62. The third-order valence-corrected chi connectivity index (χ3v) is 5.07. The molecule has 1 unspecified atom stereocenters. The van der Waals surface area contributed by atoms with Gasteiger partial charge < -0.3 is 10.5 Å². The zero-order chi connectivity index (χ0) is 13.2. The van der Waals surface area contributed by atoms with Gasteiger partial charge in [-0.05, 0) is 50.1 Å². The zero-order valence-corrected chi connectivity index (χ0v) is 12.4. The molecule has 3 heteroatoms. The van der Waals surface area contributed by atoms with E-state index in [0.717, 1.165) is 32.1 Å². The number of hydrogen-bond acceptors (Lipinski definition) is 3. The Morgan fingerprint density at radius 1 is 1.28 bits per heavy atom. The molecule has 0 amide bonds. The first kappa shape index (κ1) is 14.3. The maximum absolute atomic E-state index is 6.07. The number of nitrogens with two attached hydrogens (primary N) is 1.